The first-order valence-corrected chi connectivity index (χ1v) is 6.51. The summed E-state index contributed by atoms with van der Waals surface area (Å²) in [5.41, 5.74) is 2.97. The molecule has 4 aromatic rings. The van der Waals surface area contributed by atoms with Crippen molar-refractivity contribution in [3.05, 3.63) is 66.7 Å². The second-order valence-corrected chi connectivity index (χ2v) is 4.71. The summed E-state index contributed by atoms with van der Waals surface area (Å²) in [6, 6.07) is 14.0. The van der Waals surface area contributed by atoms with Crippen LogP contribution in [0.4, 0.5) is 0 Å². The van der Waals surface area contributed by atoms with E-state index in [2.05, 4.69) is 9.97 Å². The van der Waals surface area contributed by atoms with Crippen molar-refractivity contribution in [3.8, 4) is 5.75 Å². The molecule has 4 heteroatoms. The third-order valence-corrected chi connectivity index (χ3v) is 3.33. The number of hydrogen-bond donors (Lipinski definition) is 1. The highest BCUT2D eigenvalue weighted by molar-refractivity contribution is 5.80. The van der Waals surface area contributed by atoms with E-state index in [1.54, 1.807) is 0 Å². The molecule has 20 heavy (non-hydrogen) atoms. The van der Waals surface area contributed by atoms with Gasteiger partial charge in [-0.1, -0.05) is 6.07 Å². The van der Waals surface area contributed by atoms with E-state index < -0.39 is 0 Å². The van der Waals surface area contributed by atoms with Crippen LogP contribution in [0.1, 0.15) is 5.69 Å². The van der Waals surface area contributed by atoms with Crippen LogP contribution in [0.5, 0.6) is 5.75 Å². The first-order chi connectivity index (χ1) is 9.88. The Morgan fingerprint density at radius 1 is 1.15 bits per heavy atom. The van der Waals surface area contributed by atoms with E-state index in [9.17, 15) is 0 Å². The van der Waals surface area contributed by atoms with Crippen molar-refractivity contribution in [1.29, 1.82) is 0 Å². The van der Waals surface area contributed by atoms with Gasteiger partial charge in [-0.25, -0.2) is 4.98 Å². The quantitative estimate of drug-likeness (QED) is 0.615. The number of aromatic nitrogens is 3. The van der Waals surface area contributed by atoms with Gasteiger partial charge in [0.15, 0.2) is 0 Å². The third kappa shape index (κ3) is 1.91. The maximum Gasteiger partial charge on any atom is 0.137 e. The van der Waals surface area contributed by atoms with E-state index in [4.69, 9.17) is 4.74 Å². The fourth-order valence-electron chi connectivity index (χ4n) is 2.34. The number of nitrogens with one attached hydrogen (secondary N) is 1. The number of imidazole rings is 1. The maximum absolute atomic E-state index is 5.81. The summed E-state index contributed by atoms with van der Waals surface area (Å²) >= 11 is 0. The number of benzene rings is 1. The fourth-order valence-corrected chi connectivity index (χ4v) is 2.34. The molecule has 0 aliphatic rings. The highest BCUT2D eigenvalue weighted by Gasteiger charge is 2.03. The molecule has 0 bridgehead atoms. The number of hydrogen-bond acceptors (Lipinski definition) is 2. The summed E-state index contributed by atoms with van der Waals surface area (Å²) in [7, 11) is 0. The van der Waals surface area contributed by atoms with Crippen LogP contribution in [0.15, 0.2) is 61.1 Å². The van der Waals surface area contributed by atoms with Crippen LogP contribution in [-0.4, -0.2) is 14.4 Å². The Labute approximate surface area is 115 Å². The largest absolute Gasteiger partial charge is 0.487 e. The summed E-state index contributed by atoms with van der Waals surface area (Å²) in [6.45, 7) is 0.470. The van der Waals surface area contributed by atoms with E-state index in [0.29, 0.717) is 6.61 Å². The average molecular weight is 263 g/mol. The highest BCUT2D eigenvalue weighted by atomic mass is 16.5. The Morgan fingerprint density at radius 2 is 2.15 bits per heavy atom. The smallest absolute Gasteiger partial charge is 0.137 e. The zero-order valence-corrected chi connectivity index (χ0v) is 10.8. The summed E-state index contributed by atoms with van der Waals surface area (Å²) in [5.74, 6) is 0.856. The van der Waals surface area contributed by atoms with Crippen LogP contribution in [0.3, 0.4) is 0 Å². The van der Waals surface area contributed by atoms with Gasteiger partial charge in [-0.3, -0.25) is 0 Å². The molecule has 1 aromatic carbocycles. The van der Waals surface area contributed by atoms with Gasteiger partial charge in [0.1, 0.15) is 18.0 Å². The normalized spacial score (nSPS) is 11.2. The predicted molar refractivity (Wildman–Crippen MR) is 77.8 cm³/mol. The van der Waals surface area contributed by atoms with Gasteiger partial charge >= 0.3 is 0 Å². The standard InChI is InChI=1S/C16H13N3O/c1-2-8-19-10-13(18-16(19)3-1)11-20-14-4-5-15-12(9-14)6-7-17-15/h1-10,17H,11H2. The van der Waals surface area contributed by atoms with Crippen LogP contribution in [0, 0.1) is 0 Å². The number of rotatable bonds is 3. The molecule has 0 aliphatic carbocycles. The molecule has 1 N–H and O–H groups in total. The summed E-state index contributed by atoms with van der Waals surface area (Å²) in [4.78, 5) is 7.68. The molecular weight excluding hydrogens is 250 g/mol. The minimum atomic E-state index is 0.470. The molecule has 3 heterocycles. The van der Waals surface area contributed by atoms with Gasteiger partial charge in [0.2, 0.25) is 0 Å². The van der Waals surface area contributed by atoms with Crippen LogP contribution >= 0.6 is 0 Å². The second kappa shape index (κ2) is 4.42. The number of H-pyrrole nitrogens is 1. The SMILES string of the molecule is c1ccn2cc(COc3ccc4[nH]ccc4c3)nc2c1. The molecule has 0 spiro atoms. The lowest BCUT2D eigenvalue weighted by atomic mass is 10.2. The molecule has 98 valence electrons. The lowest BCUT2D eigenvalue weighted by Gasteiger charge is -2.03. The number of ether oxygens (including phenoxy) is 1. The zero-order valence-electron chi connectivity index (χ0n) is 10.8. The van der Waals surface area contributed by atoms with Crippen LogP contribution < -0.4 is 4.74 Å². The van der Waals surface area contributed by atoms with Gasteiger partial charge in [-0.05, 0) is 36.4 Å². The third-order valence-electron chi connectivity index (χ3n) is 3.33. The van der Waals surface area contributed by atoms with Crippen molar-refractivity contribution in [3.63, 3.8) is 0 Å². The summed E-state index contributed by atoms with van der Waals surface area (Å²) < 4.78 is 7.80. The Balaban J connectivity index is 1.56. The van der Waals surface area contributed by atoms with Crippen molar-refractivity contribution in [2.75, 3.05) is 0 Å². The van der Waals surface area contributed by atoms with Gasteiger partial charge in [0.05, 0.1) is 5.69 Å². The lowest BCUT2D eigenvalue weighted by molar-refractivity contribution is 0.302. The molecule has 0 radical (unpaired) electrons. The van der Waals surface area contributed by atoms with E-state index >= 15 is 0 Å². The molecule has 4 nitrogen and oxygen atoms in total. The minimum Gasteiger partial charge on any atom is -0.487 e. The monoisotopic (exact) mass is 263 g/mol. The summed E-state index contributed by atoms with van der Waals surface area (Å²) in [5, 5.41) is 1.15. The lowest BCUT2D eigenvalue weighted by Crippen LogP contribution is -1.95. The molecule has 0 amide bonds. The Kier molecular flexibility index (Phi) is 2.45. The molecule has 0 aliphatic heterocycles. The van der Waals surface area contributed by atoms with Crippen LogP contribution in [0.2, 0.25) is 0 Å². The van der Waals surface area contributed by atoms with E-state index in [1.807, 2.05) is 65.5 Å². The number of aromatic amines is 1. The van der Waals surface area contributed by atoms with Crippen molar-refractivity contribution in [2.45, 2.75) is 6.61 Å². The Bertz CT molecular complexity index is 840. The van der Waals surface area contributed by atoms with Gasteiger partial charge < -0.3 is 14.1 Å². The van der Waals surface area contributed by atoms with Crippen LogP contribution in [-0.2, 0) is 6.61 Å². The van der Waals surface area contributed by atoms with Gasteiger partial charge in [0.25, 0.3) is 0 Å². The molecule has 4 rings (SSSR count). The van der Waals surface area contributed by atoms with Crippen molar-refractivity contribution in [1.82, 2.24) is 14.4 Å². The zero-order chi connectivity index (χ0) is 13.4. The molecule has 0 saturated carbocycles. The topological polar surface area (TPSA) is 42.3 Å². The Morgan fingerprint density at radius 3 is 3.10 bits per heavy atom. The molecule has 0 fully saturated rings. The molecular formula is C16H13N3O. The molecule has 3 aromatic heterocycles. The number of fused-ring (bicyclic) bond motifs is 2. The molecule has 0 saturated heterocycles. The predicted octanol–water partition coefficient (Wildman–Crippen LogP) is 3.39. The first-order valence-electron chi connectivity index (χ1n) is 6.51. The average Bonchev–Trinajstić information content (AvgIpc) is 3.10. The van der Waals surface area contributed by atoms with E-state index in [1.165, 1.54) is 0 Å². The van der Waals surface area contributed by atoms with Gasteiger partial charge in [0, 0.05) is 29.5 Å². The van der Waals surface area contributed by atoms with E-state index in [-0.39, 0.29) is 0 Å². The second-order valence-electron chi connectivity index (χ2n) is 4.71. The fraction of sp³-hybridized carbons (Fsp3) is 0.0625. The van der Waals surface area contributed by atoms with Crippen molar-refractivity contribution >= 4 is 16.6 Å². The number of nitrogens with zero attached hydrogens (tertiary/aromatic N) is 2. The Hall–Kier alpha value is -2.75. The first kappa shape index (κ1) is 11.1. The molecule has 0 unspecified atom stereocenters. The minimum absolute atomic E-state index is 0.470. The maximum atomic E-state index is 5.81. The van der Waals surface area contributed by atoms with Crippen molar-refractivity contribution < 1.29 is 4.74 Å². The van der Waals surface area contributed by atoms with Crippen molar-refractivity contribution in [2.24, 2.45) is 0 Å². The van der Waals surface area contributed by atoms with E-state index in [0.717, 1.165) is 28.0 Å². The van der Waals surface area contributed by atoms with Gasteiger partial charge in [-0.15, -0.1) is 0 Å². The van der Waals surface area contributed by atoms with Crippen LogP contribution in [0.25, 0.3) is 16.6 Å². The van der Waals surface area contributed by atoms with Gasteiger partial charge in [-0.2, -0.15) is 0 Å². The summed E-state index contributed by atoms with van der Waals surface area (Å²) in [6.07, 6.45) is 5.90. The highest BCUT2D eigenvalue weighted by Crippen LogP contribution is 2.20. The number of pyridine rings is 1. The molecule has 0 atom stereocenters.